The minimum atomic E-state index is -0.531. The number of amides is 1. The third-order valence-electron chi connectivity index (χ3n) is 4.55. The predicted octanol–water partition coefficient (Wildman–Crippen LogP) is 4.41. The molecule has 1 amide bonds. The lowest BCUT2D eigenvalue weighted by Crippen LogP contribution is -2.25. The second-order valence-electron chi connectivity index (χ2n) is 6.26. The summed E-state index contributed by atoms with van der Waals surface area (Å²) in [4.78, 5) is 27.4. The molecule has 3 aromatic rings. The van der Waals surface area contributed by atoms with E-state index in [0.717, 1.165) is 41.5 Å². The first-order valence-electron chi connectivity index (χ1n) is 8.51. The summed E-state index contributed by atoms with van der Waals surface area (Å²) in [5, 5.41) is 3.61. The molecule has 0 saturated carbocycles. The average Bonchev–Trinajstić information content (AvgIpc) is 3.17. The number of nitrogens with one attached hydrogen (secondary N) is 1. The highest BCUT2D eigenvalue weighted by Crippen LogP contribution is 2.34. The Morgan fingerprint density at radius 3 is 2.46 bits per heavy atom. The van der Waals surface area contributed by atoms with Crippen LogP contribution in [-0.2, 0) is 0 Å². The molecule has 1 aliphatic rings. The molecule has 1 N–H and O–H groups in total. The monoisotopic (exact) mass is 412 g/mol. The zero-order valence-corrected chi connectivity index (χ0v) is 15.6. The quantitative estimate of drug-likeness (QED) is 0.647. The van der Waals surface area contributed by atoms with Gasteiger partial charge in [-0.15, -0.1) is 0 Å². The number of nitrogens with zero attached hydrogens (tertiary/aromatic N) is 1. The van der Waals surface area contributed by atoms with Crippen molar-refractivity contribution in [3.05, 3.63) is 69.0 Å². The summed E-state index contributed by atoms with van der Waals surface area (Å²) in [6.07, 6.45) is 2.13. The Kier molecular flexibility index (Phi) is 4.51. The van der Waals surface area contributed by atoms with Gasteiger partial charge in [0.15, 0.2) is 5.69 Å². The highest BCUT2D eigenvalue weighted by molar-refractivity contribution is 9.10. The first kappa shape index (κ1) is 16.8. The van der Waals surface area contributed by atoms with E-state index in [1.54, 1.807) is 30.3 Å². The van der Waals surface area contributed by atoms with Crippen molar-refractivity contribution in [2.45, 2.75) is 12.8 Å². The Bertz CT molecular complexity index is 1020. The van der Waals surface area contributed by atoms with E-state index >= 15 is 0 Å². The summed E-state index contributed by atoms with van der Waals surface area (Å²) in [6.45, 7) is 1.71. The van der Waals surface area contributed by atoms with Crippen LogP contribution in [0, 0.1) is 0 Å². The van der Waals surface area contributed by atoms with Gasteiger partial charge in [-0.05, 0) is 49.2 Å². The maximum absolute atomic E-state index is 12.7. The molecule has 1 fully saturated rings. The Morgan fingerprint density at radius 1 is 1.04 bits per heavy atom. The van der Waals surface area contributed by atoms with Gasteiger partial charge in [0, 0.05) is 28.5 Å². The molecule has 4 rings (SSSR count). The molecular formula is C20H17BrN2O3. The lowest BCUT2D eigenvalue weighted by atomic mass is 10.1. The van der Waals surface area contributed by atoms with E-state index in [1.165, 1.54) is 0 Å². The fourth-order valence-corrected chi connectivity index (χ4v) is 3.56. The molecule has 5 nitrogen and oxygen atoms in total. The van der Waals surface area contributed by atoms with Crippen molar-refractivity contribution >= 4 is 44.2 Å². The van der Waals surface area contributed by atoms with Crippen LogP contribution < -0.4 is 15.8 Å². The topological polar surface area (TPSA) is 62.6 Å². The number of carbonyl (C=O) groups excluding carboxylic acids is 1. The zero-order valence-electron chi connectivity index (χ0n) is 14.0. The van der Waals surface area contributed by atoms with Crippen LogP contribution in [0.1, 0.15) is 23.2 Å². The van der Waals surface area contributed by atoms with Crippen molar-refractivity contribution in [1.82, 2.24) is 0 Å². The maximum atomic E-state index is 12.7. The number of carbonyl (C=O) groups is 1. The molecule has 132 valence electrons. The van der Waals surface area contributed by atoms with Crippen LogP contribution >= 0.6 is 15.9 Å². The number of hydrogen-bond donors (Lipinski definition) is 1. The van der Waals surface area contributed by atoms with Gasteiger partial charge in [-0.2, -0.15) is 0 Å². The first-order valence-corrected chi connectivity index (χ1v) is 9.30. The maximum Gasteiger partial charge on any atom is 0.362 e. The van der Waals surface area contributed by atoms with E-state index in [-0.39, 0.29) is 11.6 Å². The van der Waals surface area contributed by atoms with E-state index in [1.807, 2.05) is 18.2 Å². The van der Waals surface area contributed by atoms with E-state index in [4.69, 9.17) is 4.42 Å². The Balaban J connectivity index is 1.81. The Hall–Kier alpha value is -2.60. The molecule has 26 heavy (non-hydrogen) atoms. The second-order valence-corrected chi connectivity index (χ2v) is 7.18. The van der Waals surface area contributed by atoms with Crippen molar-refractivity contribution < 1.29 is 9.21 Å². The molecule has 0 atom stereocenters. The third-order valence-corrected chi connectivity index (χ3v) is 5.08. The molecular weight excluding hydrogens is 396 g/mol. The Labute approximate surface area is 158 Å². The molecule has 0 bridgehead atoms. The largest absolute Gasteiger partial charge is 0.421 e. The van der Waals surface area contributed by atoms with Gasteiger partial charge in [0.25, 0.3) is 5.91 Å². The Morgan fingerprint density at radius 2 is 1.73 bits per heavy atom. The minimum Gasteiger partial charge on any atom is -0.421 e. The second kappa shape index (κ2) is 6.96. The van der Waals surface area contributed by atoms with E-state index < -0.39 is 5.63 Å². The molecule has 1 aromatic heterocycles. The van der Waals surface area contributed by atoms with Gasteiger partial charge >= 0.3 is 5.63 Å². The van der Waals surface area contributed by atoms with Crippen molar-refractivity contribution in [2.24, 2.45) is 0 Å². The van der Waals surface area contributed by atoms with E-state index in [0.29, 0.717) is 11.1 Å². The molecule has 0 aliphatic carbocycles. The van der Waals surface area contributed by atoms with Gasteiger partial charge < -0.3 is 14.6 Å². The van der Waals surface area contributed by atoms with Gasteiger partial charge in [0.1, 0.15) is 5.58 Å². The SMILES string of the molecule is O=C(Nc1c(N2CCCC2)c2ccccc2oc1=O)c1ccc(Br)cc1. The van der Waals surface area contributed by atoms with Crippen LogP contribution in [0.2, 0.25) is 0 Å². The van der Waals surface area contributed by atoms with Gasteiger partial charge in [-0.25, -0.2) is 4.79 Å². The van der Waals surface area contributed by atoms with Crippen molar-refractivity contribution in [1.29, 1.82) is 0 Å². The highest BCUT2D eigenvalue weighted by atomic mass is 79.9. The van der Waals surface area contributed by atoms with E-state index in [2.05, 4.69) is 26.1 Å². The molecule has 6 heteroatoms. The molecule has 2 heterocycles. The van der Waals surface area contributed by atoms with Crippen LogP contribution in [0.25, 0.3) is 11.0 Å². The molecule has 0 radical (unpaired) electrons. The van der Waals surface area contributed by atoms with Crippen LogP contribution in [-0.4, -0.2) is 19.0 Å². The number of fused-ring (bicyclic) bond motifs is 1. The first-order chi connectivity index (χ1) is 12.6. The minimum absolute atomic E-state index is 0.207. The predicted molar refractivity (Wildman–Crippen MR) is 106 cm³/mol. The summed E-state index contributed by atoms with van der Waals surface area (Å²) < 4.78 is 6.33. The lowest BCUT2D eigenvalue weighted by Gasteiger charge is -2.22. The summed E-state index contributed by atoms with van der Waals surface area (Å²) in [7, 11) is 0. The third kappa shape index (κ3) is 3.12. The standard InChI is InChI=1S/C20H17BrN2O3/c21-14-9-7-13(8-10-14)19(24)22-17-18(23-11-3-4-12-23)15-5-1-2-6-16(15)26-20(17)25/h1-2,5-10H,3-4,11-12H2,(H,22,24). The van der Waals surface area contributed by atoms with Gasteiger partial charge in [-0.3, -0.25) is 4.79 Å². The van der Waals surface area contributed by atoms with Gasteiger partial charge in [0.2, 0.25) is 0 Å². The van der Waals surface area contributed by atoms with Crippen LogP contribution in [0.4, 0.5) is 11.4 Å². The van der Waals surface area contributed by atoms with Gasteiger partial charge in [-0.1, -0.05) is 28.1 Å². The number of rotatable bonds is 3. The number of hydrogen-bond acceptors (Lipinski definition) is 4. The molecule has 0 unspecified atom stereocenters. The normalized spacial score (nSPS) is 14.0. The summed E-state index contributed by atoms with van der Waals surface area (Å²) >= 11 is 3.35. The highest BCUT2D eigenvalue weighted by Gasteiger charge is 2.24. The van der Waals surface area contributed by atoms with Crippen molar-refractivity contribution in [3.63, 3.8) is 0 Å². The number of halogens is 1. The van der Waals surface area contributed by atoms with Crippen molar-refractivity contribution in [3.8, 4) is 0 Å². The zero-order chi connectivity index (χ0) is 18.1. The summed E-state index contributed by atoms with van der Waals surface area (Å²) in [5.74, 6) is -0.333. The number of benzene rings is 2. The van der Waals surface area contributed by atoms with Gasteiger partial charge in [0.05, 0.1) is 5.69 Å². The molecule has 2 aromatic carbocycles. The fraction of sp³-hybridized carbons (Fsp3) is 0.200. The van der Waals surface area contributed by atoms with E-state index in [9.17, 15) is 9.59 Å². The summed E-state index contributed by atoms with van der Waals surface area (Å²) in [5.41, 5.74) is 1.43. The lowest BCUT2D eigenvalue weighted by molar-refractivity contribution is 0.102. The molecule has 0 spiro atoms. The average molecular weight is 413 g/mol. The molecule has 1 aliphatic heterocycles. The number of anilines is 2. The van der Waals surface area contributed by atoms with Crippen LogP contribution in [0.15, 0.2) is 62.2 Å². The van der Waals surface area contributed by atoms with Crippen molar-refractivity contribution in [2.75, 3.05) is 23.3 Å². The smallest absolute Gasteiger partial charge is 0.362 e. The fourth-order valence-electron chi connectivity index (χ4n) is 3.30. The molecule has 1 saturated heterocycles. The van der Waals surface area contributed by atoms with Crippen LogP contribution in [0.3, 0.4) is 0 Å². The summed E-state index contributed by atoms with van der Waals surface area (Å²) in [6, 6.07) is 14.4. The van der Waals surface area contributed by atoms with Crippen LogP contribution in [0.5, 0.6) is 0 Å². The number of para-hydroxylation sites is 1.